The van der Waals surface area contributed by atoms with Crippen LogP contribution in [0.15, 0.2) is 66.7 Å². The predicted molar refractivity (Wildman–Crippen MR) is 116 cm³/mol. The third-order valence-corrected chi connectivity index (χ3v) is 6.71. The van der Waals surface area contributed by atoms with Crippen molar-refractivity contribution in [3.63, 3.8) is 0 Å². The maximum atomic E-state index is 2.45. The molecule has 5 aromatic carbocycles. The molecule has 0 N–H and O–H groups in total. The second kappa shape index (κ2) is 8.99. The van der Waals surface area contributed by atoms with Crippen LogP contribution in [0.5, 0.6) is 0 Å². The van der Waals surface area contributed by atoms with Crippen LogP contribution < -0.4 is 24.8 Å². The van der Waals surface area contributed by atoms with E-state index in [4.69, 9.17) is 0 Å². The maximum Gasteiger partial charge on any atom is 4.00 e. The normalized spacial score (nSPS) is 12.8. The molecule has 0 amide bonds. The zero-order valence-electron chi connectivity index (χ0n) is 16.9. The summed E-state index contributed by atoms with van der Waals surface area (Å²) < 4.78 is 0. The molecule has 5 aromatic rings. The number of hydrogen-bond donors (Lipinski definition) is 0. The van der Waals surface area contributed by atoms with Crippen molar-refractivity contribution in [2.75, 3.05) is 0 Å². The van der Waals surface area contributed by atoms with Crippen LogP contribution in [0, 0.1) is 6.92 Å². The van der Waals surface area contributed by atoms with Gasteiger partial charge in [0.25, 0.3) is 0 Å². The van der Waals surface area contributed by atoms with Gasteiger partial charge in [-0.1, -0.05) is 61.7 Å². The Morgan fingerprint density at radius 1 is 0.767 bits per heavy atom. The molecule has 0 unspecified atom stereocenters. The maximum absolute atomic E-state index is 2.45. The van der Waals surface area contributed by atoms with E-state index in [1.54, 1.807) is 11.1 Å². The molecule has 0 saturated carbocycles. The second-order valence-electron chi connectivity index (χ2n) is 8.07. The predicted octanol–water partition coefficient (Wildman–Crippen LogP) is 0.782. The zero-order valence-corrected chi connectivity index (χ0v) is 20.9. The summed E-state index contributed by atoms with van der Waals surface area (Å²) >= 11 is 0. The van der Waals surface area contributed by atoms with E-state index in [0.717, 1.165) is 25.7 Å². The van der Waals surface area contributed by atoms with Crippen LogP contribution in [0.3, 0.4) is 0 Å². The Hall–Kier alpha value is -1.40. The van der Waals surface area contributed by atoms with Gasteiger partial charge in [-0.25, -0.2) is 0 Å². The monoisotopic (exact) mass is 506 g/mol. The Bertz CT molecular complexity index is 1340. The van der Waals surface area contributed by atoms with Crippen molar-refractivity contribution in [1.29, 1.82) is 0 Å². The number of rotatable bonds is 0. The SMILES string of the molecule is Cc1c2ccc3c1[cH-]c1c(cccc13)CC[c-]1c(cc3ccccc31)CC2.[Cl-].[Cl-].[Zr+4]. The fourth-order valence-electron chi connectivity index (χ4n) is 5.24. The number of benzene rings is 3. The molecule has 0 fully saturated rings. The summed E-state index contributed by atoms with van der Waals surface area (Å²) in [6.07, 6.45) is 4.50. The minimum absolute atomic E-state index is 0. The average Bonchev–Trinajstić information content (AvgIpc) is 3.24. The Labute approximate surface area is 209 Å². The largest absolute Gasteiger partial charge is 4.00 e. The summed E-state index contributed by atoms with van der Waals surface area (Å²) in [5, 5.41) is 8.59. The van der Waals surface area contributed by atoms with E-state index in [1.165, 1.54) is 49.0 Å². The van der Waals surface area contributed by atoms with Crippen molar-refractivity contribution in [1.82, 2.24) is 0 Å². The van der Waals surface area contributed by atoms with E-state index in [-0.39, 0.29) is 51.0 Å². The molecule has 30 heavy (non-hydrogen) atoms. The molecule has 6 rings (SSSR count). The minimum Gasteiger partial charge on any atom is -1.00 e. The van der Waals surface area contributed by atoms with Crippen molar-refractivity contribution in [3.05, 3.63) is 94.5 Å². The molecule has 0 aromatic heterocycles. The Balaban J connectivity index is 0.000000853. The Morgan fingerprint density at radius 2 is 1.57 bits per heavy atom. The van der Waals surface area contributed by atoms with Gasteiger partial charge in [-0.15, -0.1) is 78.8 Å². The van der Waals surface area contributed by atoms with Gasteiger partial charge in [-0.05, 0) is 12.8 Å². The molecule has 0 spiro atoms. The van der Waals surface area contributed by atoms with E-state index < -0.39 is 0 Å². The number of hydrogen-bond acceptors (Lipinski definition) is 0. The van der Waals surface area contributed by atoms with Crippen molar-refractivity contribution >= 4 is 32.3 Å². The molecule has 1 aliphatic carbocycles. The van der Waals surface area contributed by atoms with Gasteiger partial charge in [-0.3, -0.25) is 0 Å². The molecule has 0 heterocycles. The fourth-order valence-corrected chi connectivity index (χ4v) is 5.24. The van der Waals surface area contributed by atoms with E-state index in [0.29, 0.717) is 0 Å². The van der Waals surface area contributed by atoms with E-state index in [2.05, 4.69) is 73.7 Å². The van der Waals surface area contributed by atoms with Gasteiger partial charge in [-0.2, -0.15) is 6.07 Å². The van der Waals surface area contributed by atoms with Crippen LogP contribution in [-0.4, -0.2) is 0 Å². The molecular formula is C27H22Cl2Zr. The van der Waals surface area contributed by atoms with Crippen LogP contribution in [0.25, 0.3) is 32.3 Å². The number of fused-ring (bicyclic) bond motifs is 5. The van der Waals surface area contributed by atoms with Crippen molar-refractivity contribution in [2.24, 2.45) is 0 Å². The van der Waals surface area contributed by atoms with E-state index in [1.807, 2.05) is 0 Å². The first-order chi connectivity index (χ1) is 13.3. The van der Waals surface area contributed by atoms with E-state index >= 15 is 0 Å². The van der Waals surface area contributed by atoms with Crippen LogP contribution in [0.2, 0.25) is 0 Å². The summed E-state index contributed by atoms with van der Waals surface area (Å²) in [6, 6.07) is 25.4. The quantitative estimate of drug-likeness (QED) is 0.272. The number of aryl methyl sites for hydroxylation is 5. The molecule has 148 valence electrons. The van der Waals surface area contributed by atoms with Crippen molar-refractivity contribution in [2.45, 2.75) is 32.6 Å². The third-order valence-electron chi connectivity index (χ3n) is 6.71. The molecule has 0 radical (unpaired) electrons. The first kappa shape index (κ1) is 23.3. The van der Waals surface area contributed by atoms with Crippen LogP contribution in [0.1, 0.15) is 27.8 Å². The van der Waals surface area contributed by atoms with Crippen LogP contribution in [0.4, 0.5) is 0 Å². The Kier molecular flexibility index (Phi) is 6.98. The molecule has 0 saturated heterocycles. The topological polar surface area (TPSA) is 0 Å². The minimum atomic E-state index is 0. The second-order valence-corrected chi connectivity index (χ2v) is 8.07. The Morgan fingerprint density at radius 3 is 2.43 bits per heavy atom. The number of halogens is 2. The first-order valence-corrected chi connectivity index (χ1v) is 10.1. The van der Waals surface area contributed by atoms with Gasteiger partial charge in [0.15, 0.2) is 0 Å². The van der Waals surface area contributed by atoms with Gasteiger partial charge in [0.05, 0.1) is 0 Å². The summed E-state index contributed by atoms with van der Waals surface area (Å²) in [7, 11) is 0. The summed E-state index contributed by atoms with van der Waals surface area (Å²) in [5.41, 5.74) is 7.56. The van der Waals surface area contributed by atoms with E-state index in [9.17, 15) is 0 Å². The average molecular weight is 509 g/mol. The van der Waals surface area contributed by atoms with Gasteiger partial charge < -0.3 is 24.8 Å². The van der Waals surface area contributed by atoms with Gasteiger partial charge in [0.2, 0.25) is 0 Å². The first-order valence-electron chi connectivity index (χ1n) is 10.1. The zero-order chi connectivity index (χ0) is 18.0. The third kappa shape index (κ3) is 3.50. The molecule has 0 atom stereocenters. The van der Waals surface area contributed by atoms with Crippen LogP contribution >= 0.6 is 0 Å². The molecule has 1 aliphatic rings. The summed E-state index contributed by atoms with van der Waals surface area (Å²) in [6.45, 7) is 2.31. The summed E-state index contributed by atoms with van der Waals surface area (Å²) in [4.78, 5) is 0. The van der Waals surface area contributed by atoms with Crippen LogP contribution in [-0.2, 0) is 51.9 Å². The molecule has 3 bridgehead atoms. The molecule has 3 heteroatoms. The molecular weight excluding hydrogens is 486 g/mol. The standard InChI is InChI=1S/C27H22.2ClH.Zr/c1-17-18-9-10-21-15-20-5-2-3-7-22(20)23(21)13-12-19-6-4-8-24-25(14-11-18)26(17)16-27(19)24;;;/h2-8,11,14-16H,9-10,12-13H2,1H3;2*1H;/q-2;;;+4/p-2. The van der Waals surface area contributed by atoms with Gasteiger partial charge in [0.1, 0.15) is 0 Å². The smallest absolute Gasteiger partial charge is 1.00 e. The van der Waals surface area contributed by atoms with Gasteiger partial charge in [0, 0.05) is 0 Å². The molecule has 0 aliphatic heterocycles. The molecule has 0 nitrogen and oxygen atoms in total. The van der Waals surface area contributed by atoms with Gasteiger partial charge >= 0.3 is 26.2 Å². The van der Waals surface area contributed by atoms with Crippen molar-refractivity contribution in [3.8, 4) is 0 Å². The fraction of sp³-hybridized carbons (Fsp3) is 0.185. The summed E-state index contributed by atoms with van der Waals surface area (Å²) in [5.74, 6) is 0. The van der Waals surface area contributed by atoms with Crippen molar-refractivity contribution < 1.29 is 51.0 Å².